The Morgan fingerprint density at radius 1 is 0.850 bits per heavy atom. The average Bonchev–Trinajstić information content (AvgIpc) is 2.49. The SMILES string of the molecule is NC(Cc1ccc(F)cc1)c1cccc2ccccc12. The topological polar surface area (TPSA) is 26.0 Å². The first-order chi connectivity index (χ1) is 9.74. The molecule has 0 saturated heterocycles. The van der Waals surface area contributed by atoms with E-state index in [1.54, 1.807) is 12.1 Å². The fraction of sp³-hybridized carbons (Fsp3) is 0.111. The van der Waals surface area contributed by atoms with Gasteiger partial charge in [0.15, 0.2) is 0 Å². The second-order valence-corrected chi connectivity index (χ2v) is 5.01. The molecule has 1 atom stereocenters. The van der Waals surface area contributed by atoms with Gasteiger partial charge in [0.2, 0.25) is 0 Å². The third kappa shape index (κ3) is 2.56. The van der Waals surface area contributed by atoms with Gasteiger partial charge in [-0.25, -0.2) is 4.39 Å². The molecular formula is C18H16FN. The molecule has 3 rings (SSSR count). The molecule has 3 aromatic carbocycles. The first kappa shape index (κ1) is 12.8. The highest BCUT2D eigenvalue weighted by Gasteiger charge is 2.10. The Morgan fingerprint density at radius 2 is 1.55 bits per heavy atom. The summed E-state index contributed by atoms with van der Waals surface area (Å²) in [6.07, 6.45) is 0.703. The Hall–Kier alpha value is -2.19. The highest BCUT2D eigenvalue weighted by Crippen LogP contribution is 2.25. The number of hydrogen-bond acceptors (Lipinski definition) is 1. The molecule has 0 aromatic heterocycles. The van der Waals surface area contributed by atoms with Gasteiger partial charge in [-0.2, -0.15) is 0 Å². The van der Waals surface area contributed by atoms with E-state index < -0.39 is 0 Å². The van der Waals surface area contributed by atoms with Crippen LogP contribution in [0.15, 0.2) is 66.7 Å². The van der Waals surface area contributed by atoms with Crippen LogP contribution in [-0.2, 0) is 6.42 Å². The van der Waals surface area contributed by atoms with E-state index >= 15 is 0 Å². The van der Waals surface area contributed by atoms with Crippen LogP contribution in [0.4, 0.5) is 4.39 Å². The van der Waals surface area contributed by atoms with Crippen molar-refractivity contribution < 1.29 is 4.39 Å². The Balaban J connectivity index is 1.92. The van der Waals surface area contributed by atoms with Gasteiger partial charge in [-0.3, -0.25) is 0 Å². The zero-order valence-corrected chi connectivity index (χ0v) is 11.1. The molecule has 0 fully saturated rings. The predicted octanol–water partition coefficient (Wildman–Crippen LogP) is 4.22. The molecular weight excluding hydrogens is 249 g/mol. The summed E-state index contributed by atoms with van der Waals surface area (Å²) < 4.78 is 12.9. The molecule has 0 aliphatic carbocycles. The second kappa shape index (κ2) is 5.43. The lowest BCUT2D eigenvalue weighted by molar-refractivity contribution is 0.625. The van der Waals surface area contributed by atoms with E-state index in [1.165, 1.54) is 22.9 Å². The van der Waals surface area contributed by atoms with Crippen LogP contribution in [0, 0.1) is 5.82 Å². The quantitative estimate of drug-likeness (QED) is 0.753. The minimum atomic E-state index is -0.215. The van der Waals surface area contributed by atoms with Crippen molar-refractivity contribution in [2.24, 2.45) is 5.73 Å². The van der Waals surface area contributed by atoms with Crippen molar-refractivity contribution in [3.05, 3.63) is 83.7 Å². The standard InChI is InChI=1S/C18H16FN/c19-15-10-8-13(9-11-15)12-18(20)17-7-3-5-14-4-1-2-6-16(14)17/h1-11,18H,12,20H2. The van der Waals surface area contributed by atoms with Gasteiger partial charge < -0.3 is 5.73 Å². The first-order valence-corrected chi connectivity index (χ1v) is 6.72. The number of fused-ring (bicyclic) bond motifs is 1. The highest BCUT2D eigenvalue weighted by atomic mass is 19.1. The van der Waals surface area contributed by atoms with Crippen molar-refractivity contribution in [1.29, 1.82) is 0 Å². The summed E-state index contributed by atoms with van der Waals surface area (Å²) in [7, 11) is 0. The minimum absolute atomic E-state index is 0.0911. The van der Waals surface area contributed by atoms with E-state index in [1.807, 2.05) is 18.2 Å². The van der Waals surface area contributed by atoms with Crippen LogP contribution in [0.3, 0.4) is 0 Å². The van der Waals surface area contributed by atoms with E-state index in [9.17, 15) is 4.39 Å². The maximum atomic E-state index is 12.9. The van der Waals surface area contributed by atoms with E-state index in [-0.39, 0.29) is 11.9 Å². The zero-order chi connectivity index (χ0) is 13.9. The molecule has 0 saturated carbocycles. The summed E-state index contributed by atoms with van der Waals surface area (Å²) in [5, 5.41) is 2.38. The van der Waals surface area contributed by atoms with Crippen molar-refractivity contribution in [2.75, 3.05) is 0 Å². The van der Waals surface area contributed by atoms with Gasteiger partial charge in [0.25, 0.3) is 0 Å². The van der Waals surface area contributed by atoms with Gasteiger partial charge >= 0.3 is 0 Å². The molecule has 0 aliphatic rings. The summed E-state index contributed by atoms with van der Waals surface area (Å²) in [4.78, 5) is 0. The van der Waals surface area contributed by atoms with E-state index in [0.29, 0.717) is 6.42 Å². The van der Waals surface area contributed by atoms with Crippen LogP contribution >= 0.6 is 0 Å². The smallest absolute Gasteiger partial charge is 0.123 e. The van der Waals surface area contributed by atoms with E-state index in [0.717, 1.165) is 11.1 Å². The molecule has 0 radical (unpaired) electrons. The second-order valence-electron chi connectivity index (χ2n) is 5.01. The fourth-order valence-electron chi connectivity index (χ4n) is 2.56. The van der Waals surface area contributed by atoms with Crippen molar-refractivity contribution in [3.8, 4) is 0 Å². The molecule has 0 spiro atoms. The third-order valence-electron chi connectivity index (χ3n) is 3.59. The molecule has 0 amide bonds. The molecule has 20 heavy (non-hydrogen) atoms. The van der Waals surface area contributed by atoms with Crippen LogP contribution in [0.1, 0.15) is 17.2 Å². The molecule has 1 unspecified atom stereocenters. The Bertz CT molecular complexity index is 714. The lowest BCUT2D eigenvalue weighted by Crippen LogP contribution is -2.13. The maximum Gasteiger partial charge on any atom is 0.123 e. The largest absolute Gasteiger partial charge is 0.324 e. The normalized spacial score (nSPS) is 12.5. The molecule has 2 N–H and O–H groups in total. The van der Waals surface area contributed by atoms with Crippen LogP contribution in [-0.4, -0.2) is 0 Å². The van der Waals surface area contributed by atoms with Gasteiger partial charge in [0.1, 0.15) is 5.82 Å². The molecule has 100 valence electrons. The summed E-state index contributed by atoms with van der Waals surface area (Å²) in [6.45, 7) is 0. The highest BCUT2D eigenvalue weighted by molar-refractivity contribution is 5.86. The monoisotopic (exact) mass is 265 g/mol. The molecule has 0 heterocycles. The van der Waals surface area contributed by atoms with Crippen molar-refractivity contribution in [2.45, 2.75) is 12.5 Å². The van der Waals surface area contributed by atoms with E-state index in [2.05, 4.69) is 24.3 Å². The van der Waals surface area contributed by atoms with Crippen LogP contribution in [0.5, 0.6) is 0 Å². The maximum absolute atomic E-state index is 12.9. The number of halogens is 1. The molecule has 2 heteroatoms. The summed E-state index contributed by atoms with van der Waals surface area (Å²) in [5.74, 6) is -0.215. The summed E-state index contributed by atoms with van der Waals surface area (Å²) in [5.41, 5.74) is 8.52. The Kier molecular flexibility index (Phi) is 3.48. The average molecular weight is 265 g/mol. The molecule has 0 aliphatic heterocycles. The fourth-order valence-corrected chi connectivity index (χ4v) is 2.56. The predicted molar refractivity (Wildman–Crippen MR) is 81.0 cm³/mol. The Labute approximate surface area is 117 Å². The minimum Gasteiger partial charge on any atom is -0.324 e. The Morgan fingerprint density at radius 3 is 2.35 bits per heavy atom. The van der Waals surface area contributed by atoms with Gasteiger partial charge in [-0.05, 0) is 40.5 Å². The number of nitrogens with two attached hydrogens (primary N) is 1. The van der Waals surface area contributed by atoms with Gasteiger partial charge in [0.05, 0.1) is 0 Å². The van der Waals surface area contributed by atoms with Crippen molar-refractivity contribution in [1.82, 2.24) is 0 Å². The lowest BCUT2D eigenvalue weighted by atomic mass is 9.95. The van der Waals surface area contributed by atoms with Crippen molar-refractivity contribution >= 4 is 10.8 Å². The molecule has 0 bridgehead atoms. The van der Waals surface area contributed by atoms with Gasteiger partial charge in [-0.1, -0.05) is 54.6 Å². The van der Waals surface area contributed by atoms with Gasteiger partial charge in [-0.15, -0.1) is 0 Å². The van der Waals surface area contributed by atoms with Crippen LogP contribution in [0.2, 0.25) is 0 Å². The van der Waals surface area contributed by atoms with Crippen LogP contribution < -0.4 is 5.73 Å². The molecule has 3 aromatic rings. The molecule has 1 nitrogen and oxygen atoms in total. The summed E-state index contributed by atoms with van der Waals surface area (Å²) in [6, 6.07) is 20.9. The van der Waals surface area contributed by atoms with Crippen LogP contribution in [0.25, 0.3) is 10.8 Å². The third-order valence-corrected chi connectivity index (χ3v) is 3.59. The number of rotatable bonds is 3. The lowest BCUT2D eigenvalue weighted by Gasteiger charge is -2.15. The van der Waals surface area contributed by atoms with Gasteiger partial charge in [0, 0.05) is 6.04 Å². The van der Waals surface area contributed by atoms with Crippen molar-refractivity contribution in [3.63, 3.8) is 0 Å². The number of benzene rings is 3. The summed E-state index contributed by atoms with van der Waals surface area (Å²) >= 11 is 0. The zero-order valence-electron chi connectivity index (χ0n) is 11.1. The first-order valence-electron chi connectivity index (χ1n) is 6.72. The van der Waals surface area contributed by atoms with E-state index in [4.69, 9.17) is 5.73 Å². The number of hydrogen-bond donors (Lipinski definition) is 1.